The lowest BCUT2D eigenvalue weighted by atomic mass is 10.3. The highest BCUT2D eigenvalue weighted by molar-refractivity contribution is 9.10. The van der Waals surface area contributed by atoms with Gasteiger partial charge in [-0.25, -0.2) is 14.1 Å². The number of hydrogen-bond donors (Lipinski definition) is 1. The van der Waals surface area contributed by atoms with E-state index in [4.69, 9.17) is 17.3 Å². The number of imidazole rings is 1. The van der Waals surface area contributed by atoms with Gasteiger partial charge in [0.15, 0.2) is 5.65 Å². The lowest BCUT2D eigenvalue weighted by molar-refractivity contribution is 0.626. The van der Waals surface area contributed by atoms with Crippen molar-refractivity contribution in [3.63, 3.8) is 0 Å². The van der Waals surface area contributed by atoms with Crippen molar-refractivity contribution < 1.29 is 4.39 Å². The molecule has 0 fully saturated rings. The fraction of sp³-hybridized carbons (Fsp3) is 0.231. The van der Waals surface area contributed by atoms with Crippen molar-refractivity contribution in [3.05, 3.63) is 33.1 Å². The first kappa shape index (κ1) is 14.3. The molecule has 110 valence electrons. The van der Waals surface area contributed by atoms with Gasteiger partial charge < -0.3 is 5.73 Å². The van der Waals surface area contributed by atoms with E-state index in [9.17, 15) is 4.39 Å². The first-order valence-corrected chi connectivity index (χ1v) is 7.45. The van der Waals surface area contributed by atoms with E-state index in [1.165, 1.54) is 12.1 Å². The monoisotopic (exact) mass is 371 g/mol. The van der Waals surface area contributed by atoms with Crippen molar-refractivity contribution in [2.75, 3.05) is 5.73 Å². The summed E-state index contributed by atoms with van der Waals surface area (Å²) in [6.07, 6.45) is 0.742. The number of aromatic nitrogens is 4. The third kappa shape index (κ3) is 2.11. The molecule has 2 aromatic heterocycles. The predicted molar refractivity (Wildman–Crippen MR) is 84.3 cm³/mol. The van der Waals surface area contributed by atoms with Crippen LogP contribution in [0.4, 0.5) is 10.3 Å². The standard InChI is InChI=1S/C13H12BrClFN5/c1-3-9-10-12(20(2)19-9)21(13(17)18-10)11-7(14)4-6(16)5-8(11)15/h4-5H,3H2,1-2H3,(H2,17,18). The first-order valence-electron chi connectivity index (χ1n) is 6.28. The smallest absolute Gasteiger partial charge is 0.207 e. The third-order valence-electron chi connectivity index (χ3n) is 3.27. The molecule has 0 aliphatic rings. The Kier molecular flexibility index (Phi) is 3.41. The molecule has 2 N–H and O–H groups in total. The van der Waals surface area contributed by atoms with Crippen molar-refractivity contribution in [1.82, 2.24) is 19.3 Å². The molecule has 8 heteroatoms. The van der Waals surface area contributed by atoms with Crippen LogP contribution < -0.4 is 5.73 Å². The Morgan fingerprint density at radius 2 is 2.14 bits per heavy atom. The van der Waals surface area contributed by atoms with Crippen molar-refractivity contribution in [2.24, 2.45) is 7.05 Å². The summed E-state index contributed by atoms with van der Waals surface area (Å²) in [7, 11) is 1.81. The SMILES string of the molecule is CCc1nn(C)c2c1nc(N)n2-c1c(Cl)cc(F)cc1Br. The van der Waals surface area contributed by atoms with Crippen LogP contribution in [0.3, 0.4) is 0 Å². The van der Waals surface area contributed by atoms with Crippen LogP contribution in [0.15, 0.2) is 16.6 Å². The molecular weight excluding hydrogens is 361 g/mol. The summed E-state index contributed by atoms with van der Waals surface area (Å²) in [6.45, 7) is 2.00. The maximum atomic E-state index is 13.4. The van der Waals surface area contributed by atoms with E-state index in [1.54, 1.807) is 9.25 Å². The van der Waals surface area contributed by atoms with Gasteiger partial charge in [-0.3, -0.25) is 4.57 Å². The summed E-state index contributed by atoms with van der Waals surface area (Å²) in [5.74, 6) is -0.147. The van der Waals surface area contributed by atoms with Gasteiger partial charge in [-0.2, -0.15) is 5.10 Å². The second kappa shape index (κ2) is 4.99. The van der Waals surface area contributed by atoms with Crippen LogP contribution in [0.5, 0.6) is 0 Å². The fourth-order valence-electron chi connectivity index (χ4n) is 2.40. The van der Waals surface area contributed by atoms with Gasteiger partial charge in [0.1, 0.15) is 11.3 Å². The first-order chi connectivity index (χ1) is 9.93. The molecule has 0 aliphatic carbocycles. The van der Waals surface area contributed by atoms with Gasteiger partial charge in [-0.15, -0.1) is 0 Å². The zero-order valence-electron chi connectivity index (χ0n) is 11.4. The second-order valence-corrected chi connectivity index (χ2v) is 5.88. The minimum atomic E-state index is -0.426. The number of nitrogens with two attached hydrogens (primary N) is 1. The Morgan fingerprint density at radius 3 is 2.76 bits per heavy atom. The molecule has 5 nitrogen and oxygen atoms in total. The third-order valence-corrected chi connectivity index (χ3v) is 4.16. The summed E-state index contributed by atoms with van der Waals surface area (Å²) in [5, 5.41) is 4.66. The Balaban J connectivity index is 2.41. The molecule has 0 bridgehead atoms. The number of hydrogen-bond acceptors (Lipinski definition) is 3. The molecule has 0 unspecified atom stereocenters. The van der Waals surface area contributed by atoms with Crippen molar-refractivity contribution in [3.8, 4) is 5.69 Å². The van der Waals surface area contributed by atoms with Gasteiger partial charge in [0.05, 0.1) is 16.4 Å². The fourth-order valence-corrected chi connectivity index (χ4v) is 3.42. The lowest BCUT2D eigenvalue weighted by Gasteiger charge is -2.11. The summed E-state index contributed by atoms with van der Waals surface area (Å²) in [6, 6.07) is 2.58. The molecule has 0 aliphatic heterocycles. The number of rotatable bonds is 2. The molecular formula is C13H12BrClFN5. The number of nitrogens with zero attached hydrogens (tertiary/aromatic N) is 4. The second-order valence-electron chi connectivity index (χ2n) is 4.62. The number of fused-ring (bicyclic) bond motifs is 1. The van der Waals surface area contributed by atoms with Gasteiger partial charge in [-0.1, -0.05) is 18.5 Å². The Labute approximate surface area is 133 Å². The van der Waals surface area contributed by atoms with Gasteiger partial charge in [0, 0.05) is 11.5 Å². The van der Waals surface area contributed by atoms with Gasteiger partial charge in [0.25, 0.3) is 0 Å². The maximum Gasteiger partial charge on any atom is 0.207 e. The summed E-state index contributed by atoms with van der Waals surface area (Å²) in [5.41, 5.74) is 8.88. The van der Waals surface area contributed by atoms with Crippen LogP contribution in [-0.2, 0) is 13.5 Å². The van der Waals surface area contributed by atoms with E-state index in [-0.39, 0.29) is 11.0 Å². The average molecular weight is 373 g/mol. The molecule has 3 aromatic rings. The Morgan fingerprint density at radius 1 is 1.43 bits per heavy atom. The summed E-state index contributed by atoms with van der Waals surface area (Å²) < 4.78 is 17.3. The highest BCUT2D eigenvalue weighted by atomic mass is 79.9. The number of nitrogen functional groups attached to an aromatic ring is 1. The van der Waals surface area contributed by atoms with E-state index < -0.39 is 5.82 Å². The Bertz CT molecular complexity index is 831. The van der Waals surface area contributed by atoms with Gasteiger partial charge >= 0.3 is 0 Å². The quantitative estimate of drug-likeness (QED) is 0.749. The van der Waals surface area contributed by atoms with Crippen molar-refractivity contribution in [1.29, 1.82) is 0 Å². The Hall–Kier alpha value is -1.60. The molecule has 0 saturated carbocycles. The van der Waals surface area contributed by atoms with Gasteiger partial charge in [0.2, 0.25) is 5.95 Å². The molecule has 0 saturated heterocycles. The number of aryl methyl sites for hydroxylation is 2. The van der Waals surface area contributed by atoms with E-state index in [2.05, 4.69) is 26.0 Å². The normalized spacial score (nSPS) is 11.5. The van der Waals surface area contributed by atoms with Crippen LogP contribution >= 0.6 is 27.5 Å². The highest BCUT2D eigenvalue weighted by Gasteiger charge is 2.21. The minimum absolute atomic E-state index is 0.243. The van der Waals surface area contributed by atoms with Crippen molar-refractivity contribution in [2.45, 2.75) is 13.3 Å². The highest BCUT2D eigenvalue weighted by Crippen LogP contribution is 2.35. The maximum absolute atomic E-state index is 13.4. The zero-order valence-corrected chi connectivity index (χ0v) is 13.7. The van der Waals surface area contributed by atoms with E-state index >= 15 is 0 Å². The number of halogens is 3. The molecule has 3 rings (SSSR count). The summed E-state index contributed by atoms with van der Waals surface area (Å²) in [4.78, 5) is 4.37. The van der Waals surface area contributed by atoms with Crippen LogP contribution in [-0.4, -0.2) is 19.3 Å². The van der Waals surface area contributed by atoms with Crippen LogP contribution in [0.25, 0.3) is 16.9 Å². The van der Waals surface area contributed by atoms with E-state index in [0.717, 1.165) is 23.3 Å². The molecule has 21 heavy (non-hydrogen) atoms. The van der Waals surface area contributed by atoms with Crippen LogP contribution in [0.1, 0.15) is 12.6 Å². The zero-order chi connectivity index (χ0) is 15.3. The molecule has 0 atom stereocenters. The average Bonchev–Trinajstić information content (AvgIpc) is 2.87. The minimum Gasteiger partial charge on any atom is -0.369 e. The lowest BCUT2D eigenvalue weighted by Crippen LogP contribution is -2.06. The van der Waals surface area contributed by atoms with Crippen molar-refractivity contribution >= 4 is 44.6 Å². The largest absolute Gasteiger partial charge is 0.369 e. The molecule has 1 aromatic carbocycles. The van der Waals surface area contributed by atoms with Crippen LogP contribution in [0, 0.1) is 5.82 Å². The number of benzene rings is 1. The molecule has 0 amide bonds. The summed E-state index contributed by atoms with van der Waals surface area (Å²) >= 11 is 9.52. The molecule has 0 radical (unpaired) electrons. The molecule has 0 spiro atoms. The topological polar surface area (TPSA) is 61.7 Å². The van der Waals surface area contributed by atoms with Gasteiger partial charge in [-0.05, 0) is 34.5 Å². The molecule has 2 heterocycles. The van der Waals surface area contributed by atoms with E-state index in [1.807, 2.05) is 14.0 Å². The van der Waals surface area contributed by atoms with Crippen LogP contribution in [0.2, 0.25) is 5.02 Å². The number of anilines is 1. The van der Waals surface area contributed by atoms with E-state index in [0.29, 0.717) is 10.2 Å². The predicted octanol–water partition coefficient (Wildman–Crippen LogP) is 3.46.